The molecule has 0 fully saturated rings. The molecule has 0 aliphatic rings. The second kappa shape index (κ2) is 7.53. The van der Waals surface area contributed by atoms with Crippen LogP contribution >= 0.6 is 0 Å². The largest absolute Gasteiger partial charge is 0.351 e. The minimum absolute atomic E-state index is 0.154. The third-order valence-electron chi connectivity index (χ3n) is 2.66. The summed E-state index contributed by atoms with van der Waals surface area (Å²) in [5.74, 6) is -0.211. The van der Waals surface area contributed by atoms with E-state index >= 15 is 0 Å². The highest BCUT2D eigenvalue weighted by Crippen LogP contribution is 2.11. The molecule has 0 spiro atoms. The van der Waals surface area contributed by atoms with Gasteiger partial charge in [0.1, 0.15) is 0 Å². The maximum absolute atomic E-state index is 12.0. The number of hydrogen-bond acceptors (Lipinski definition) is 4. The molecule has 21 heavy (non-hydrogen) atoms. The van der Waals surface area contributed by atoms with Crippen LogP contribution in [-0.2, 0) is 10.0 Å². The van der Waals surface area contributed by atoms with Crippen LogP contribution in [-0.4, -0.2) is 52.5 Å². The van der Waals surface area contributed by atoms with Crippen molar-refractivity contribution in [3.63, 3.8) is 0 Å². The van der Waals surface area contributed by atoms with Gasteiger partial charge in [0, 0.05) is 24.7 Å². The van der Waals surface area contributed by atoms with E-state index in [1.807, 2.05) is 19.0 Å². The van der Waals surface area contributed by atoms with Crippen molar-refractivity contribution in [3.05, 3.63) is 29.8 Å². The monoisotopic (exact) mass is 313 g/mol. The fourth-order valence-electron chi connectivity index (χ4n) is 1.66. The van der Waals surface area contributed by atoms with Gasteiger partial charge in [-0.05, 0) is 52.2 Å². The number of benzene rings is 1. The van der Waals surface area contributed by atoms with E-state index in [2.05, 4.69) is 10.0 Å². The number of nitrogens with one attached hydrogen (secondary N) is 2. The molecule has 1 aromatic rings. The molecule has 0 aliphatic heterocycles. The minimum atomic E-state index is -3.52. The van der Waals surface area contributed by atoms with Crippen molar-refractivity contribution in [3.8, 4) is 0 Å². The molecule has 0 saturated carbocycles. The van der Waals surface area contributed by atoms with Crippen molar-refractivity contribution in [2.75, 3.05) is 27.2 Å². The number of carbonyl (C=O) groups excluding carboxylic acids is 1. The molecule has 0 atom stereocenters. The number of sulfonamides is 1. The van der Waals surface area contributed by atoms with E-state index in [1.165, 1.54) is 24.3 Å². The number of amides is 1. The highest BCUT2D eigenvalue weighted by atomic mass is 32.2. The predicted molar refractivity (Wildman–Crippen MR) is 82.8 cm³/mol. The molecule has 1 aromatic carbocycles. The summed E-state index contributed by atoms with van der Waals surface area (Å²) in [6.45, 7) is 4.80. The van der Waals surface area contributed by atoms with Crippen LogP contribution in [0.25, 0.3) is 0 Å². The molecule has 0 heterocycles. The Bertz CT molecular complexity index is 566. The molecule has 0 unspecified atom stereocenters. The van der Waals surface area contributed by atoms with E-state index < -0.39 is 10.0 Å². The Balaban J connectivity index is 2.72. The van der Waals surface area contributed by atoms with Gasteiger partial charge in [-0.3, -0.25) is 4.79 Å². The van der Waals surface area contributed by atoms with Gasteiger partial charge in [0.25, 0.3) is 5.91 Å². The van der Waals surface area contributed by atoms with Crippen molar-refractivity contribution in [1.82, 2.24) is 14.9 Å². The quantitative estimate of drug-likeness (QED) is 0.775. The summed E-state index contributed by atoms with van der Waals surface area (Å²) < 4.78 is 26.4. The molecule has 0 saturated heterocycles. The second-order valence-electron chi connectivity index (χ2n) is 5.36. The number of hydrogen-bond donors (Lipinski definition) is 2. The maximum atomic E-state index is 12.0. The van der Waals surface area contributed by atoms with Crippen LogP contribution in [0.1, 0.15) is 24.2 Å². The van der Waals surface area contributed by atoms with E-state index in [4.69, 9.17) is 0 Å². The van der Waals surface area contributed by atoms with E-state index in [9.17, 15) is 13.2 Å². The lowest BCUT2D eigenvalue weighted by Crippen LogP contribution is -2.31. The maximum Gasteiger partial charge on any atom is 0.251 e. The average Bonchev–Trinajstić information content (AvgIpc) is 2.37. The SMILES string of the molecule is CC(C)NS(=O)(=O)c1ccc(C(=O)NCCN(C)C)cc1. The Labute approximate surface area is 126 Å². The lowest BCUT2D eigenvalue weighted by molar-refractivity contribution is 0.0951. The number of rotatable bonds is 7. The van der Waals surface area contributed by atoms with Gasteiger partial charge in [0.15, 0.2) is 0 Å². The van der Waals surface area contributed by atoms with Gasteiger partial charge in [-0.15, -0.1) is 0 Å². The van der Waals surface area contributed by atoms with Crippen molar-refractivity contribution in [2.24, 2.45) is 0 Å². The van der Waals surface area contributed by atoms with Gasteiger partial charge in [-0.25, -0.2) is 13.1 Å². The molecule has 0 bridgehead atoms. The van der Waals surface area contributed by atoms with Crippen molar-refractivity contribution >= 4 is 15.9 Å². The fraction of sp³-hybridized carbons (Fsp3) is 0.500. The smallest absolute Gasteiger partial charge is 0.251 e. The number of nitrogens with zero attached hydrogens (tertiary/aromatic N) is 1. The summed E-state index contributed by atoms with van der Waals surface area (Å²) in [6, 6.07) is 5.72. The van der Waals surface area contributed by atoms with Crippen LogP contribution in [0.5, 0.6) is 0 Å². The number of likely N-dealkylation sites (N-methyl/N-ethyl adjacent to an activating group) is 1. The molecular formula is C14H23N3O3S. The summed E-state index contributed by atoms with van der Waals surface area (Å²) in [7, 11) is 0.330. The Morgan fingerprint density at radius 3 is 2.24 bits per heavy atom. The van der Waals surface area contributed by atoms with Gasteiger partial charge < -0.3 is 10.2 Å². The summed E-state index contributed by atoms with van der Waals surface area (Å²) in [5, 5.41) is 2.78. The third-order valence-corrected chi connectivity index (χ3v) is 4.34. The standard InChI is InChI=1S/C14H23N3O3S/c1-11(2)16-21(19,20)13-7-5-12(6-8-13)14(18)15-9-10-17(3)4/h5-8,11,16H,9-10H2,1-4H3,(H,15,18). The average molecular weight is 313 g/mol. The first-order valence-electron chi connectivity index (χ1n) is 6.77. The summed E-state index contributed by atoms with van der Waals surface area (Å²) in [4.78, 5) is 14.0. The van der Waals surface area contributed by atoms with Gasteiger partial charge in [0.05, 0.1) is 4.90 Å². The lowest BCUT2D eigenvalue weighted by Gasteiger charge is -2.11. The molecule has 2 N–H and O–H groups in total. The summed E-state index contributed by atoms with van der Waals surface area (Å²) in [5.41, 5.74) is 0.442. The molecule has 7 heteroatoms. The van der Waals surface area contributed by atoms with Crippen molar-refractivity contribution < 1.29 is 13.2 Å². The second-order valence-corrected chi connectivity index (χ2v) is 7.07. The van der Waals surface area contributed by atoms with Crippen LogP contribution in [0.4, 0.5) is 0 Å². The van der Waals surface area contributed by atoms with E-state index in [0.717, 1.165) is 6.54 Å². The highest BCUT2D eigenvalue weighted by molar-refractivity contribution is 7.89. The first kappa shape index (κ1) is 17.6. The first-order chi connectivity index (χ1) is 9.72. The normalized spacial score (nSPS) is 11.9. The zero-order valence-electron chi connectivity index (χ0n) is 12.9. The first-order valence-corrected chi connectivity index (χ1v) is 8.26. The van der Waals surface area contributed by atoms with Gasteiger partial charge in [-0.1, -0.05) is 0 Å². The van der Waals surface area contributed by atoms with Crippen LogP contribution in [0.2, 0.25) is 0 Å². The molecule has 1 amide bonds. The van der Waals surface area contributed by atoms with E-state index in [0.29, 0.717) is 12.1 Å². The van der Waals surface area contributed by atoms with Gasteiger partial charge in [-0.2, -0.15) is 0 Å². The molecule has 6 nitrogen and oxygen atoms in total. The van der Waals surface area contributed by atoms with Crippen LogP contribution in [0.3, 0.4) is 0 Å². The minimum Gasteiger partial charge on any atom is -0.351 e. The fourth-order valence-corrected chi connectivity index (χ4v) is 2.91. The number of carbonyl (C=O) groups is 1. The molecule has 0 aliphatic carbocycles. The molecule has 0 aromatic heterocycles. The Hall–Kier alpha value is -1.44. The molecule has 0 radical (unpaired) electrons. The Kier molecular flexibility index (Phi) is 6.32. The predicted octanol–water partition coefficient (Wildman–Crippen LogP) is 0.665. The highest BCUT2D eigenvalue weighted by Gasteiger charge is 2.15. The molecule has 1 rings (SSSR count). The molecule has 118 valence electrons. The lowest BCUT2D eigenvalue weighted by atomic mass is 10.2. The topological polar surface area (TPSA) is 78.5 Å². The van der Waals surface area contributed by atoms with Crippen molar-refractivity contribution in [2.45, 2.75) is 24.8 Å². The van der Waals surface area contributed by atoms with Crippen LogP contribution in [0.15, 0.2) is 29.2 Å². The van der Waals surface area contributed by atoms with Crippen molar-refractivity contribution in [1.29, 1.82) is 0 Å². The Morgan fingerprint density at radius 1 is 1.19 bits per heavy atom. The Morgan fingerprint density at radius 2 is 1.76 bits per heavy atom. The van der Waals surface area contributed by atoms with Gasteiger partial charge >= 0.3 is 0 Å². The zero-order chi connectivity index (χ0) is 16.0. The van der Waals surface area contributed by atoms with Crippen LogP contribution in [0, 0.1) is 0 Å². The van der Waals surface area contributed by atoms with E-state index in [-0.39, 0.29) is 16.8 Å². The van der Waals surface area contributed by atoms with Gasteiger partial charge in [0.2, 0.25) is 10.0 Å². The zero-order valence-corrected chi connectivity index (χ0v) is 13.7. The summed E-state index contributed by atoms with van der Waals surface area (Å²) >= 11 is 0. The van der Waals surface area contributed by atoms with E-state index in [1.54, 1.807) is 13.8 Å². The third kappa shape index (κ3) is 5.82. The van der Waals surface area contributed by atoms with Crippen LogP contribution < -0.4 is 10.0 Å². The summed E-state index contributed by atoms with van der Waals surface area (Å²) in [6.07, 6.45) is 0. The molecular weight excluding hydrogens is 290 g/mol.